The average Bonchev–Trinajstić information content (AvgIpc) is 0.767. The van der Waals surface area contributed by atoms with Gasteiger partial charge >= 0.3 is 0 Å². The van der Waals surface area contributed by atoms with Gasteiger partial charge in [-0.1, -0.05) is 0 Å². The fourth-order valence-corrected chi connectivity index (χ4v) is 17.9. The Morgan fingerprint density at radius 1 is 0.187 bits per heavy atom. The van der Waals surface area contributed by atoms with Crippen molar-refractivity contribution in [1.82, 2.24) is 10.6 Å². The first-order valence-corrected chi connectivity index (χ1v) is 44.2. The van der Waals surface area contributed by atoms with E-state index in [-0.39, 0.29) is 0 Å². The molecule has 12 fully saturated rings. The third kappa shape index (κ3) is 24.5. The van der Waals surface area contributed by atoms with Crippen LogP contribution >= 0.6 is 0 Å². The average molecular weight is 2050 g/mol. The minimum Gasteiger partial charge on any atom is -0.394 e. The van der Waals surface area contributed by atoms with Crippen LogP contribution in [0.5, 0.6) is 0 Å². The molecule has 0 radical (unpaired) electrons. The van der Waals surface area contributed by atoms with Crippen molar-refractivity contribution in [3.05, 3.63) is 0 Å². The number of ether oxygens (including phenoxy) is 23. The molecule has 12 heterocycles. The van der Waals surface area contributed by atoms with Crippen molar-refractivity contribution in [2.45, 2.75) is 382 Å². The van der Waals surface area contributed by atoms with Gasteiger partial charge in [0, 0.05) is 13.8 Å². The summed E-state index contributed by atoms with van der Waals surface area (Å²) in [5, 5.41) is 409. The Balaban J connectivity index is 0.927. The molecule has 0 spiro atoms. The molecule has 0 aromatic heterocycles. The Morgan fingerprint density at radius 3 is 0.777 bits per heavy atom. The molecular weight excluding hydrogens is 1920 g/mol. The van der Waals surface area contributed by atoms with E-state index in [1.807, 2.05) is 0 Å². The Kier molecular flexibility index (Phi) is 41.0. The fraction of sp³-hybridized carbons (Fsp3) is 0.974. The minimum absolute atomic E-state index is 0.844. The highest BCUT2D eigenvalue weighted by molar-refractivity contribution is 5.73. The minimum atomic E-state index is -2.78. The Labute approximate surface area is 784 Å². The van der Waals surface area contributed by atoms with Crippen LogP contribution in [0.1, 0.15) is 13.8 Å². The van der Waals surface area contributed by atoms with Crippen molar-refractivity contribution >= 4 is 11.8 Å². The third-order valence-electron chi connectivity index (χ3n) is 25.9. The molecule has 12 aliphatic rings. The number of rotatable bonds is 36. The van der Waals surface area contributed by atoms with Crippen LogP contribution in [0.25, 0.3) is 0 Å². The highest BCUT2D eigenvalue weighted by Crippen LogP contribution is 2.43. The number of hydrogen-bond donors (Lipinski definition) is 38. The largest absolute Gasteiger partial charge is 0.394 e. The summed E-state index contributed by atoms with van der Waals surface area (Å²) in [6.45, 7) is -12.6. The normalized spacial score (nSPS) is 51.9. The number of amides is 2. The Bertz CT molecular complexity index is 3730. The molecule has 2 amide bonds. The van der Waals surface area contributed by atoms with Gasteiger partial charge < -0.3 is 303 Å². The molecular formula is C76H128N2O61. The SMILES string of the molecule is CC(=O)N[C@@H]1[C@@H](O)[C@H](O[C@@H]2O[C@H](CO)[C@@H](O[C@@H]3O[C@H](CO[C@H]4O[C@H](CO[C@H]5O[C@H](CO)[C@@H](O)[C@H](O)[C@@H]5O[C@H]5O[C@H](CO)[C@@H](O)[C@H](O)[C@@H]5O)[C@@H](O)[C@H](O[C@H]5O[C@H](CO)[C@@H](O)[C@H](O)[C@@H]5O[C@H]5O[C@H](CO)[C@@H](O)[C@H](O)[C@H]5O)[C@@H]4O)[C@@H](O)[C@H](O[C@H]4O[C@H](CO)[C@@H](O)[C@H](O)[C@@H]4O[C@H]4O[C@H](CO)[C@@H](O)[C@H](O[C@H]5O[C@H](CO)[C@H](O)[C@H](O)[C@H]5O)[C@@H]4O[C@H]4O[C@H](CO)[C@@H](O)[C@H](O)[C@@H]4O)[C@@H]3O)[C@H](O)[C@H]2NC(C)=O)[C@@H](CO)O[C@H]1O. The fourth-order valence-electron chi connectivity index (χ4n) is 17.9. The zero-order valence-electron chi connectivity index (χ0n) is 73.4. The zero-order chi connectivity index (χ0) is 102. The van der Waals surface area contributed by atoms with Crippen molar-refractivity contribution in [3.63, 3.8) is 0 Å². The van der Waals surface area contributed by atoms with E-state index in [1.165, 1.54) is 0 Å². The van der Waals surface area contributed by atoms with Crippen LogP contribution in [0.4, 0.5) is 0 Å². The van der Waals surface area contributed by atoms with Crippen molar-refractivity contribution < 1.29 is 302 Å². The molecule has 12 aliphatic heterocycles. The monoisotopic (exact) mass is 2040 g/mol. The summed E-state index contributed by atoms with van der Waals surface area (Å²) in [7, 11) is 0. The second kappa shape index (κ2) is 49.8. The first kappa shape index (κ1) is 114. The van der Waals surface area contributed by atoms with Gasteiger partial charge in [-0.05, 0) is 0 Å². The van der Waals surface area contributed by atoms with E-state index in [0.717, 1.165) is 13.8 Å². The Morgan fingerprint density at radius 2 is 0.410 bits per heavy atom. The zero-order valence-corrected chi connectivity index (χ0v) is 73.4. The molecule has 0 saturated carbocycles. The van der Waals surface area contributed by atoms with E-state index in [9.17, 15) is 193 Å². The molecule has 38 N–H and O–H groups in total. The van der Waals surface area contributed by atoms with Crippen molar-refractivity contribution in [2.24, 2.45) is 0 Å². The van der Waals surface area contributed by atoms with E-state index in [4.69, 9.17) is 109 Å². The van der Waals surface area contributed by atoms with Crippen LogP contribution in [0.2, 0.25) is 0 Å². The molecule has 63 heteroatoms. The van der Waals surface area contributed by atoms with Gasteiger partial charge in [-0.3, -0.25) is 9.59 Å². The van der Waals surface area contributed by atoms with E-state index >= 15 is 0 Å². The van der Waals surface area contributed by atoms with Gasteiger partial charge in [0.2, 0.25) is 11.8 Å². The van der Waals surface area contributed by atoms with Crippen LogP contribution in [0.15, 0.2) is 0 Å². The van der Waals surface area contributed by atoms with E-state index < -0.39 is 459 Å². The maximum atomic E-state index is 13.2. The molecule has 0 unspecified atom stereocenters. The van der Waals surface area contributed by atoms with Gasteiger partial charge in [-0.2, -0.15) is 0 Å². The van der Waals surface area contributed by atoms with Crippen LogP contribution in [0, 0.1) is 0 Å². The van der Waals surface area contributed by atoms with Crippen LogP contribution < -0.4 is 10.6 Å². The maximum absolute atomic E-state index is 13.2. The quantitative estimate of drug-likeness (QED) is 0.0277. The second-order valence-electron chi connectivity index (χ2n) is 35.2. The summed E-state index contributed by atoms with van der Waals surface area (Å²) in [6, 6.07) is -3.79. The third-order valence-corrected chi connectivity index (χ3v) is 25.9. The summed E-state index contributed by atoms with van der Waals surface area (Å²) >= 11 is 0. The topological polar surface area (TPSA) is 999 Å². The van der Waals surface area contributed by atoms with Crippen LogP contribution in [-0.2, 0) is 119 Å². The van der Waals surface area contributed by atoms with Gasteiger partial charge in [-0.25, -0.2) is 0 Å². The molecule has 0 aromatic carbocycles. The highest BCUT2D eigenvalue weighted by Gasteiger charge is 2.64. The lowest BCUT2D eigenvalue weighted by molar-refractivity contribution is -0.417. The van der Waals surface area contributed by atoms with Crippen molar-refractivity contribution in [1.29, 1.82) is 0 Å². The molecule has 808 valence electrons. The smallest absolute Gasteiger partial charge is 0.217 e. The summed E-state index contributed by atoms with van der Waals surface area (Å²) in [4.78, 5) is 25.5. The van der Waals surface area contributed by atoms with Crippen LogP contribution in [-0.4, -0.2) is 643 Å². The first-order chi connectivity index (χ1) is 65.9. The molecule has 0 aliphatic carbocycles. The lowest BCUT2D eigenvalue weighted by Gasteiger charge is -2.51. The van der Waals surface area contributed by atoms with Gasteiger partial charge in [0.25, 0.3) is 0 Å². The summed E-state index contributed by atoms with van der Waals surface area (Å²) in [6.07, 6.45) is -132. The first-order valence-electron chi connectivity index (χ1n) is 44.2. The second-order valence-corrected chi connectivity index (χ2v) is 35.2. The summed E-state index contributed by atoms with van der Waals surface area (Å²) in [5.41, 5.74) is 0. The van der Waals surface area contributed by atoms with E-state index in [0.29, 0.717) is 0 Å². The number of nitrogens with one attached hydrogen (secondary N) is 2. The number of hydrogen-bond acceptors (Lipinski definition) is 61. The van der Waals surface area contributed by atoms with Crippen molar-refractivity contribution in [3.8, 4) is 0 Å². The summed E-state index contributed by atoms with van der Waals surface area (Å²) < 4.78 is 137. The van der Waals surface area contributed by atoms with Gasteiger partial charge in [-0.15, -0.1) is 0 Å². The van der Waals surface area contributed by atoms with Gasteiger partial charge in [0.15, 0.2) is 75.5 Å². The van der Waals surface area contributed by atoms with Crippen molar-refractivity contribution in [2.75, 3.05) is 79.3 Å². The van der Waals surface area contributed by atoms with E-state index in [1.54, 1.807) is 0 Å². The molecule has 0 bridgehead atoms. The summed E-state index contributed by atoms with van der Waals surface area (Å²) in [5.74, 6) is -1.87. The molecule has 139 heavy (non-hydrogen) atoms. The molecule has 0 aromatic rings. The molecule has 12 saturated heterocycles. The molecule has 12 rings (SSSR count). The highest BCUT2D eigenvalue weighted by atomic mass is 16.8. The molecule has 60 atom stereocenters. The number of aliphatic hydroxyl groups is 36. The lowest BCUT2D eigenvalue weighted by Crippen LogP contribution is -2.70. The number of carbonyl (C=O) groups is 2. The number of aliphatic hydroxyl groups excluding tert-OH is 36. The van der Waals surface area contributed by atoms with Gasteiger partial charge in [0.05, 0.1) is 79.3 Å². The predicted molar refractivity (Wildman–Crippen MR) is 418 cm³/mol. The van der Waals surface area contributed by atoms with E-state index in [2.05, 4.69) is 10.6 Å². The van der Waals surface area contributed by atoms with Gasteiger partial charge in [0.1, 0.15) is 293 Å². The number of carbonyl (C=O) groups excluding carboxylic acids is 2. The Hall–Kier alpha value is -3.42. The van der Waals surface area contributed by atoms with Crippen LogP contribution in [0.3, 0.4) is 0 Å². The lowest BCUT2D eigenvalue weighted by atomic mass is 9.94. The standard InChI is InChI=1S/C76H128N2O61/c1-15(89)77-29-41(101)56(25(11-87)119-65(29)116)131-66-30(78-16(2)90)42(102)57(26(12-88)128-66)132-72-55(115)59(134-75-63(49(109)37(97)23(9-85)126-75)138-76-64(139-71-53(113)46(106)34(94)20(6-82)123-71)60(38(98)24(10-86)127-76)135-68-50(110)43(103)31(91)17(3-79)120-68)40(100)28(130-72)13-117-67-54(114)58(133-74-62(48(108)36(96)22(8-84)125-74)137-70-52(112)45(105)33(93)19(5-81)122-70)39(99)27(129-67)14-118-73-61(47(107)35(95)21(7-83)124-73)136-69-51(111)44(104)32(92)18(4-80)121-69/h17-76,79-88,91-116H,3-14H2,1-2H3,(H,77,89)(H,78,90)/t17-,18-,19-,20-,21-,22-,23-,24-,25-,26-,27-,28-,29-,30-,31+,32-,33-,34-,35-,36-,37-,38-,39-,40-,41-,42-,43+,44+,45+,46+,47+,48+,49+,50-,51+,52-,53+,54+,55+,56-,57-,58+,59+,60+,61+,62+,63+,64+,65-,66+,67+,68-,69-,70-,71-,72+,73+,74-,75-,76-/m1/s1. The molecule has 63 nitrogen and oxygen atoms in total. The predicted octanol–water partition coefficient (Wildman–Crippen LogP) is -26.9. The maximum Gasteiger partial charge on any atom is 0.217 e.